The van der Waals surface area contributed by atoms with Crippen LogP contribution in [0.3, 0.4) is 0 Å². The van der Waals surface area contributed by atoms with Crippen LogP contribution in [0.2, 0.25) is 0 Å². The van der Waals surface area contributed by atoms with Crippen molar-refractivity contribution in [1.82, 2.24) is 4.31 Å². The number of sulfonamides is 1. The van der Waals surface area contributed by atoms with Crippen molar-refractivity contribution in [2.45, 2.75) is 18.7 Å². The molecule has 1 aromatic carbocycles. The predicted molar refractivity (Wildman–Crippen MR) is 69.0 cm³/mol. The minimum atomic E-state index is -3.51. The van der Waals surface area contributed by atoms with Crippen molar-refractivity contribution in [3.05, 3.63) is 24.3 Å². The molecule has 1 aromatic rings. The van der Waals surface area contributed by atoms with Crippen molar-refractivity contribution < 1.29 is 18.3 Å². The number of rotatable bonds is 7. The summed E-state index contributed by atoms with van der Waals surface area (Å²) in [4.78, 5) is 0.179. The van der Waals surface area contributed by atoms with E-state index in [1.165, 1.54) is 28.6 Å². The molecule has 0 aliphatic rings. The summed E-state index contributed by atoms with van der Waals surface area (Å²) < 4.78 is 31.0. The fourth-order valence-corrected chi connectivity index (χ4v) is 2.96. The molecule has 0 saturated heterocycles. The summed E-state index contributed by atoms with van der Waals surface area (Å²) in [7, 11) is -3.51. The lowest BCUT2D eigenvalue weighted by atomic mass is 10.3. The van der Waals surface area contributed by atoms with Gasteiger partial charge in [0.1, 0.15) is 5.75 Å². The third-order valence-electron chi connectivity index (χ3n) is 2.52. The molecule has 0 fully saturated rings. The first-order valence-corrected chi connectivity index (χ1v) is 7.33. The monoisotopic (exact) mass is 273 g/mol. The molecule has 0 unspecified atom stereocenters. The van der Waals surface area contributed by atoms with Gasteiger partial charge in [-0.2, -0.15) is 4.31 Å². The maximum absolute atomic E-state index is 12.3. The number of phenolic OH excluding ortho intramolecular Hbond substituents is 1. The minimum absolute atomic E-state index is 0.0475. The number of phenols is 1. The highest BCUT2D eigenvalue weighted by Gasteiger charge is 2.22. The lowest BCUT2D eigenvalue weighted by Gasteiger charge is -2.20. The number of hydrogen-bond donors (Lipinski definition) is 1. The van der Waals surface area contributed by atoms with Gasteiger partial charge in [-0.05, 0) is 31.2 Å². The smallest absolute Gasteiger partial charge is 0.243 e. The van der Waals surface area contributed by atoms with Gasteiger partial charge in [-0.3, -0.25) is 0 Å². The quantitative estimate of drug-likeness (QED) is 0.763. The standard InChI is InChI=1S/C12H19NO4S/c1-3-13(9-10-17-4-2)18(15,16)12-7-5-11(14)6-8-12/h5-8,14H,3-4,9-10H2,1-2H3. The van der Waals surface area contributed by atoms with Gasteiger partial charge in [-0.15, -0.1) is 0 Å². The Bertz CT molecular complexity index is 455. The zero-order chi connectivity index (χ0) is 13.6. The van der Waals surface area contributed by atoms with Gasteiger partial charge >= 0.3 is 0 Å². The molecule has 0 atom stereocenters. The van der Waals surface area contributed by atoms with Crippen LogP contribution < -0.4 is 0 Å². The van der Waals surface area contributed by atoms with Crippen molar-refractivity contribution in [3.8, 4) is 5.75 Å². The van der Waals surface area contributed by atoms with Crippen molar-refractivity contribution in [2.24, 2.45) is 0 Å². The third-order valence-corrected chi connectivity index (χ3v) is 4.50. The molecule has 0 bridgehead atoms. The van der Waals surface area contributed by atoms with Gasteiger partial charge in [-0.25, -0.2) is 8.42 Å². The topological polar surface area (TPSA) is 66.8 Å². The molecule has 0 aliphatic carbocycles. The Labute approximate surface area is 108 Å². The van der Waals surface area contributed by atoms with E-state index in [9.17, 15) is 8.42 Å². The maximum Gasteiger partial charge on any atom is 0.243 e. The summed E-state index contributed by atoms with van der Waals surface area (Å²) >= 11 is 0. The van der Waals surface area contributed by atoms with E-state index >= 15 is 0 Å². The zero-order valence-corrected chi connectivity index (χ0v) is 11.5. The first-order valence-electron chi connectivity index (χ1n) is 5.89. The summed E-state index contributed by atoms with van der Waals surface area (Å²) in [6.07, 6.45) is 0. The second-order valence-electron chi connectivity index (χ2n) is 3.69. The van der Waals surface area contributed by atoms with Gasteiger partial charge in [0.25, 0.3) is 0 Å². The molecule has 0 radical (unpaired) electrons. The van der Waals surface area contributed by atoms with Crippen LogP contribution in [0.25, 0.3) is 0 Å². The van der Waals surface area contributed by atoms with E-state index in [0.717, 1.165) is 0 Å². The lowest BCUT2D eigenvalue weighted by Crippen LogP contribution is -2.33. The van der Waals surface area contributed by atoms with Crippen LogP contribution in [0, 0.1) is 0 Å². The van der Waals surface area contributed by atoms with E-state index in [-0.39, 0.29) is 10.6 Å². The second-order valence-corrected chi connectivity index (χ2v) is 5.63. The summed E-state index contributed by atoms with van der Waals surface area (Å²) in [5.41, 5.74) is 0. The number of nitrogens with zero attached hydrogens (tertiary/aromatic N) is 1. The van der Waals surface area contributed by atoms with Gasteiger partial charge < -0.3 is 9.84 Å². The normalized spacial score (nSPS) is 11.9. The van der Waals surface area contributed by atoms with Crippen LogP contribution in [-0.2, 0) is 14.8 Å². The molecule has 1 rings (SSSR count). The molecule has 102 valence electrons. The van der Waals surface area contributed by atoms with Crippen molar-refractivity contribution in [2.75, 3.05) is 26.3 Å². The van der Waals surface area contributed by atoms with Crippen LogP contribution in [0.1, 0.15) is 13.8 Å². The first-order chi connectivity index (χ1) is 8.52. The molecule has 0 amide bonds. The van der Waals surface area contributed by atoms with E-state index < -0.39 is 10.0 Å². The lowest BCUT2D eigenvalue weighted by molar-refractivity contribution is 0.135. The fourth-order valence-electron chi connectivity index (χ4n) is 1.53. The van der Waals surface area contributed by atoms with Crippen LogP contribution in [0.15, 0.2) is 29.2 Å². The number of likely N-dealkylation sites (N-methyl/N-ethyl adjacent to an activating group) is 1. The Balaban J connectivity index is 2.85. The Hall–Kier alpha value is -1.11. The molecule has 0 aromatic heterocycles. The SMILES string of the molecule is CCOCCN(CC)S(=O)(=O)c1ccc(O)cc1. The average Bonchev–Trinajstić information content (AvgIpc) is 2.35. The van der Waals surface area contributed by atoms with Crippen LogP contribution in [-0.4, -0.2) is 44.1 Å². The van der Waals surface area contributed by atoms with Gasteiger partial charge in [0.2, 0.25) is 10.0 Å². The molecule has 5 nitrogen and oxygen atoms in total. The fraction of sp³-hybridized carbons (Fsp3) is 0.500. The number of ether oxygens (including phenoxy) is 1. The summed E-state index contributed by atoms with van der Waals surface area (Å²) in [5.74, 6) is 0.0475. The Morgan fingerprint density at radius 3 is 2.33 bits per heavy atom. The van der Waals surface area contributed by atoms with Crippen molar-refractivity contribution in [1.29, 1.82) is 0 Å². The summed E-state index contributed by atoms with van der Waals surface area (Å²) in [6.45, 7) is 5.30. The maximum atomic E-state index is 12.3. The Morgan fingerprint density at radius 1 is 1.22 bits per heavy atom. The van der Waals surface area contributed by atoms with E-state index in [2.05, 4.69) is 0 Å². The van der Waals surface area contributed by atoms with Gasteiger partial charge in [0.15, 0.2) is 0 Å². The molecule has 0 spiro atoms. The molecular weight excluding hydrogens is 254 g/mol. The number of hydrogen-bond acceptors (Lipinski definition) is 4. The minimum Gasteiger partial charge on any atom is -0.508 e. The highest BCUT2D eigenvalue weighted by Crippen LogP contribution is 2.18. The first kappa shape index (κ1) is 14.9. The average molecular weight is 273 g/mol. The van der Waals surface area contributed by atoms with Crippen molar-refractivity contribution >= 4 is 10.0 Å². The second kappa shape index (κ2) is 6.72. The number of benzene rings is 1. The molecule has 6 heteroatoms. The molecule has 18 heavy (non-hydrogen) atoms. The highest BCUT2D eigenvalue weighted by molar-refractivity contribution is 7.89. The molecule has 0 heterocycles. The van der Waals surface area contributed by atoms with Gasteiger partial charge in [0, 0.05) is 19.7 Å². The Kier molecular flexibility index (Phi) is 5.58. The van der Waals surface area contributed by atoms with E-state index in [0.29, 0.717) is 26.3 Å². The van der Waals surface area contributed by atoms with E-state index in [1.54, 1.807) is 6.92 Å². The van der Waals surface area contributed by atoms with Crippen LogP contribution in [0.4, 0.5) is 0 Å². The molecule has 0 saturated carbocycles. The molecule has 1 N–H and O–H groups in total. The predicted octanol–water partition coefficient (Wildman–Crippen LogP) is 1.44. The summed E-state index contributed by atoms with van der Waals surface area (Å²) in [6, 6.07) is 5.52. The van der Waals surface area contributed by atoms with Crippen molar-refractivity contribution in [3.63, 3.8) is 0 Å². The van der Waals surface area contributed by atoms with Gasteiger partial charge in [0.05, 0.1) is 11.5 Å². The van der Waals surface area contributed by atoms with Gasteiger partial charge in [-0.1, -0.05) is 6.92 Å². The van der Waals surface area contributed by atoms with Crippen LogP contribution in [0.5, 0.6) is 5.75 Å². The third kappa shape index (κ3) is 3.69. The van der Waals surface area contributed by atoms with E-state index in [4.69, 9.17) is 9.84 Å². The molecule has 0 aliphatic heterocycles. The molecular formula is C12H19NO4S. The van der Waals surface area contributed by atoms with Crippen LogP contribution >= 0.6 is 0 Å². The zero-order valence-electron chi connectivity index (χ0n) is 10.7. The van der Waals surface area contributed by atoms with E-state index in [1.807, 2.05) is 6.92 Å². The number of aromatic hydroxyl groups is 1. The largest absolute Gasteiger partial charge is 0.508 e. The Morgan fingerprint density at radius 2 is 1.83 bits per heavy atom. The summed E-state index contributed by atoms with van der Waals surface area (Å²) in [5, 5.41) is 9.16. The highest BCUT2D eigenvalue weighted by atomic mass is 32.2.